The normalized spacial score (nSPS) is 8.56. The Balaban J connectivity index is 2.66. The maximum Gasteiger partial charge on any atom is 0.468 e. The van der Waals surface area contributed by atoms with E-state index in [4.69, 9.17) is 0 Å². The smallest absolute Gasteiger partial charge is 0.307 e. The van der Waals surface area contributed by atoms with Gasteiger partial charge >= 0.3 is 18.2 Å². The summed E-state index contributed by atoms with van der Waals surface area (Å²) in [5, 5.41) is 0. The molecule has 0 bridgehead atoms. The van der Waals surface area contributed by atoms with Crippen LogP contribution in [-0.2, 0) is 0 Å². The molecule has 0 fully saturated rings. The summed E-state index contributed by atoms with van der Waals surface area (Å²) in [6.45, 7) is 3.68. The maximum atomic E-state index is 3.68. The van der Waals surface area contributed by atoms with Crippen LogP contribution in [0.4, 0.5) is 0 Å². The van der Waals surface area contributed by atoms with Crippen molar-refractivity contribution in [3.8, 4) is 0 Å². The quantitative estimate of drug-likeness (QED) is 0.352. The van der Waals surface area contributed by atoms with E-state index in [9.17, 15) is 0 Å². The van der Waals surface area contributed by atoms with E-state index < -0.39 is 0 Å². The van der Waals surface area contributed by atoms with Gasteiger partial charge in [0.2, 0.25) is 0 Å². The Bertz CT molecular complexity index is 63.9. The Hall–Kier alpha value is 0.986. The molecule has 0 atom stereocenters. The zero-order valence-electron chi connectivity index (χ0n) is 5.91. The van der Waals surface area contributed by atoms with Gasteiger partial charge in [-0.1, -0.05) is 18.9 Å². The molecule has 0 saturated heterocycles. The highest BCUT2D eigenvalue weighted by molar-refractivity contribution is 9.23. The first-order chi connectivity index (χ1) is 4.41. The molecule has 0 aliphatic rings. The summed E-state index contributed by atoms with van der Waals surface area (Å²) in [5.41, 5.74) is 0. The fourth-order valence-electron chi connectivity index (χ4n) is 0.737. The average molecular weight is 201 g/mol. The van der Waals surface area contributed by atoms with Crippen LogP contribution in [0.2, 0.25) is 4.55 Å². The third-order valence-corrected chi connectivity index (χ3v) is 3.74. The number of hydrogen-bond acceptors (Lipinski definition) is 0. The van der Waals surface area contributed by atoms with Gasteiger partial charge in [-0.05, 0) is 12.8 Å². The topological polar surface area (TPSA) is 0 Å². The van der Waals surface area contributed by atoms with Crippen LogP contribution in [0.25, 0.3) is 0 Å². The van der Waals surface area contributed by atoms with Gasteiger partial charge in [0.1, 0.15) is 0 Å². The highest BCUT2D eigenvalue weighted by Crippen LogP contribution is 2.03. The van der Waals surface area contributed by atoms with E-state index in [1.165, 1.54) is 30.2 Å². The van der Waals surface area contributed by atoms with E-state index in [1.807, 2.05) is 6.08 Å². The first kappa shape index (κ1) is 9.99. The van der Waals surface area contributed by atoms with Crippen LogP contribution in [0, 0.1) is 0 Å². The van der Waals surface area contributed by atoms with Gasteiger partial charge in [0.15, 0.2) is 0 Å². The molecule has 0 saturated carbocycles. The van der Waals surface area contributed by atoms with Gasteiger partial charge in [-0.15, -0.1) is 11.1 Å². The molecule has 0 spiro atoms. The second-order valence-electron chi connectivity index (χ2n) is 2.18. The summed E-state index contributed by atoms with van der Waals surface area (Å²) < 4.78 is 1.46. The van der Waals surface area contributed by atoms with Crippen LogP contribution < -0.4 is 0 Å². The second kappa shape index (κ2) is 8.99. The molecule has 9 heavy (non-hydrogen) atoms. The van der Waals surface area contributed by atoms with Crippen molar-refractivity contribution >= 4 is 31.1 Å². The Morgan fingerprint density at radius 2 is 2.11 bits per heavy atom. The minimum Gasteiger partial charge on any atom is -0.307 e. The van der Waals surface area contributed by atoms with Gasteiger partial charge in [-0.3, -0.25) is 0 Å². The molecule has 0 amide bonds. The van der Waals surface area contributed by atoms with Gasteiger partial charge in [0.25, 0.3) is 0 Å². The van der Waals surface area contributed by atoms with Crippen LogP contribution in [0.5, 0.6) is 0 Å². The van der Waals surface area contributed by atoms with Crippen molar-refractivity contribution in [2.45, 2.75) is 30.2 Å². The van der Waals surface area contributed by atoms with E-state index >= 15 is 0 Å². The van der Waals surface area contributed by atoms with Gasteiger partial charge in [0, 0.05) is 0 Å². The van der Waals surface area contributed by atoms with Crippen LogP contribution in [0.1, 0.15) is 25.7 Å². The van der Waals surface area contributed by atoms with Gasteiger partial charge < -0.3 is 12.9 Å². The largest absolute Gasteiger partial charge is 0.468 e. The lowest BCUT2D eigenvalue weighted by Crippen LogP contribution is -1.78. The van der Waals surface area contributed by atoms with E-state index in [-0.39, 0.29) is 18.2 Å². The summed E-state index contributed by atoms with van der Waals surface area (Å²) in [4.78, 5) is 0. The molecule has 0 nitrogen and oxygen atoms in total. The summed E-state index contributed by atoms with van der Waals surface area (Å²) in [6, 6.07) is 0. The zero-order valence-corrected chi connectivity index (χ0v) is 8.91. The van der Waals surface area contributed by atoms with Crippen LogP contribution in [-0.4, -0.2) is 18.2 Å². The Morgan fingerprint density at radius 1 is 1.33 bits per heavy atom. The number of allylic oxidation sites excluding steroid dienone is 1. The lowest BCUT2D eigenvalue weighted by molar-refractivity contribution is 0.729. The number of hydrogen-bond donors (Lipinski definition) is 0. The molecule has 0 aliphatic heterocycles. The summed E-state index contributed by atoms with van der Waals surface area (Å²) in [6.07, 6.45) is 7.36. The molecule has 0 N–H and O–H groups in total. The predicted octanol–water partition coefficient (Wildman–Crippen LogP) is 3.17. The summed E-state index contributed by atoms with van der Waals surface area (Å²) in [5.74, 6) is 0. The van der Waals surface area contributed by atoms with Crippen LogP contribution in [0.3, 0.4) is 0 Å². The maximum absolute atomic E-state index is 3.68. The third-order valence-electron chi connectivity index (χ3n) is 1.29. The SMILES string of the molecule is C=CCCCC[CH2][Mg][Br]. The van der Waals surface area contributed by atoms with Crippen LogP contribution in [0.15, 0.2) is 12.7 Å². The molecule has 0 aliphatic carbocycles. The average Bonchev–Trinajstić information content (AvgIpc) is 1.89. The van der Waals surface area contributed by atoms with Crippen molar-refractivity contribution in [3.63, 3.8) is 0 Å². The van der Waals surface area contributed by atoms with Crippen molar-refractivity contribution in [1.82, 2.24) is 0 Å². The predicted molar refractivity (Wildman–Crippen MR) is 48.2 cm³/mol. The Kier molecular flexibility index (Phi) is 9.97. The highest BCUT2D eigenvalue weighted by Gasteiger charge is 1.89. The lowest BCUT2D eigenvalue weighted by Gasteiger charge is -1.93. The molecule has 0 radical (unpaired) electrons. The zero-order chi connectivity index (χ0) is 6.95. The fraction of sp³-hybridized carbons (Fsp3) is 0.714. The standard InChI is InChI=1S/C7H13.BrH.Mg/c1-3-5-7-6-4-2;;/h3H,1-2,4-7H2;1H;/q;;+1/p-1. The van der Waals surface area contributed by atoms with Crippen molar-refractivity contribution in [2.75, 3.05) is 0 Å². The van der Waals surface area contributed by atoms with Gasteiger partial charge in [-0.25, -0.2) is 0 Å². The summed E-state index contributed by atoms with van der Waals surface area (Å²) >= 11 is 3.70. The van der Waals surface area contributed by atoms with Gasteiger partial charge in [-0.2, -0.15) is 0 Å². The fourth-order valence-corrected chi connectivity index (χ4v) is 2.47. The molecule has 0 heterocycles. The second-order valence-corrected chi connectivity index (χ2v) is 5.64. The monoisotopic (exact) mass is 200 g/mol. The number of halogens is 1. The van der Waals surface area contributed by atoms with E-state index in [0.29, 0.717) is 0 Å². The van der Waals surface area contributed by atoms with Crippen LogP contribution >= 0.6 is 12.9 Å². The summed E-state index contributed by atoms with van der Waals surface area (Å²) in [7, 11) is 0. The first-order valence-electron chi connectivity index (χ1n) is 3.58. The lowest BCUT2D eigenvalue weighted by atomic mass is 10.2. The molecule has 0 rings (SSSR count). The van der Waals surface area contributed by atoms with Crippen molar-refractivity contribution in [3.05, 3.63) is 12.7 Å². The molecule has 50 valence electrons. The third kappa shape index (κ3) is 8.99. The molecular formula is C7H13BrMg. The van der Waals surface area contributed by atoms with E-state index in [1.54, 1.807) is 0 Å². The Labute approximate surface area is 73.7 Å². The van der Waals surface area contributed by atoms with E-state index in [0.717, 1.165) is 0 Å². The minimum absolute atomic E-state index is 0.166. The van der Waals surface area contributed by atoms with Crippen molar-refractivity contribution in [2.24, 2.45) is 0 Å². The van der Waals surface area contributed by atoms with Crippen molar-refractivity contribution < 1.29 is 0 Å². The molecule has 0 aromatic carbocycles. The number of rotatable bonds is 6. The van der Waals surface area contributed by atoms with E-state index in [2.05, 4.69) is 19.5 Å². The Morgan fingerprint density at radius 3 is 2.67 bits per heavy atom. The highest BCUT2D eigenvalue weighted by atomic mass is 79.9. The first-order valence-corrected chi connectivity index (χ1v) is 8.48. The number of unbranched alkanes of at least 4 members (excludes halogenated alkanes) is 3. The van der Waals surface area contributed by atoms with Crippen molar-refractivity contribution in [1.29, 1.82) is 0 Å². The molecule has 0 unspecified atom stereocenters. The molecule has 2 heteroatoms. The molecule has 0 aromatic rings. The minimum atomic E-state index is 0.166. The molecule has 0 aromatic heterocycles. The molecular weight excluding hydrogens is 188 g/mol. The van der Waals surface area contributed by atoms with Gasteiger partial charge in [0.05, 0.1) is 0 Å².